The highest BCUT2D eigenvalue weighted by Gasteiger charge is 2.22. The Kier molecular flexibility index (Phi) is 5.02. The second kappa shape index (κ2) is 5.23. The fourth-order valence-electron chi connectivity index (χ4n) is 0.908. The average Bonchev–Trinajstić information content (AvgIpc) is 1.88. The Balaban J connectivity index is 3.90. The van der Waals surface area contributed by atoms with E-state index in [0.717, 1.165) is 0 Å². The first-order valence-electron chi connectivity index (χ1n) is 3.46. The van der Waals surface area contributed by atoms with Gasteiger partial charge in [0.2, 0.25) is 0 Å². The molecule has 2 N–H and O–H groups in total. The van der Waals surface area contributed by atoms with E-state index in [9.17, 15) is 4.79 Å². The summed E-state index contributed by atoms with van der Waals surface area (Å²) >= 11 is 0. The van der Waals surface area contributed by atoms with Crippen LogP contribution in [0.1, 0.15) is 13.3 Å². The predicted octanol–water partition coefficient (Wildman–Crippen LogP) is -0.668. The number of carbonyl (C=O) groups excluding carboxylic acids is 1. The topological polar surface area (TPSA) is 66.8 Å². The lowest BCUT2D eigenvalue weighted by molar-refractivity contribution is -0.115. The van der Waals surface area contributed by atoms with Crippen molar-refractivity contribution in [3.05, 3.63) is 0 Å². The molecule has 0 aliphatic rings. The van der Waals surface area contributed by atoms with Crippen LogP contribution in [0.2, 0.25) is 0 Å². The van der Waals surface area contributed by atoms with Crippen LogP contribution in [0.5, 0.6) is 0 Å². The molecule has 0 aromatic rings. The van der Waals surface area contributed by atoms with E-state index >= 15 is 0 Å². The summed E-state index contributed by atoms with van der Waals surface area (Å²) in [5, 5.41) is 18.2. The van der Waals surface area contributed by atoms with Gasteiger partial charge >= 0.3 is 0 Å². The number of aldehydes is 1. The number of rotatable bonds is 5. The molecular weight excluding hydrogens is 148 g/mol. The highest BCUT2D eigenvalue weighted by atomic mass is 16.5. The number of hydrogen-bond acceptors (Lipinski definition) is 4. The molecule has 0 bridgehead atoms. The highest BCUT2D eigenvalue weighted by Crippen LogP contribution is 2.05. The largest absolute Gasteiger partial charge is 0.391 e. The van der Waals surface area contributed by atoms with Crippen LogP contribution in [-0.2, 0) is 9.53 Å². The zero-order valence-electron chi connectivity index (χ0n) is 6.73. The van der Waals surface area contributed by atoms with Crippen LogP contribution >= 0.6 is 0 Å². The van der Waals surface area contributed by atoms with Gasteiger partial charge in [-0.05, 0) is 6.92 Å². The molecule has 0 unspecified atom stereocenters. The van der Waals surface area contributed by atoms with Crippen LogP contribution in [0.15, 0.2) is 0 Å². The lowest BCUT2D eigenvalue weighted by Crippen LogP contribution is -2.37. The molecule has 0 amide bonds. The molecule has 0 heterocycles. The zero-order chi connectivity index (χ0) is 8.85. The van der Waals surface area contributed by atoms with Crippen molar-refractivity contribution < 1.29 is 19.7 Å². The zero-order valence-corrected chi connectivity index (χ0v) is 6.73. The summed E-state index contributed by atoms with van der Waals surface area (Å²) in [4.78, 5) is 9.96. The third-order valence-electron chi connectivity index (χ3n) is 1.46. The molecule has 66 valence electrons. The Hall–Kier alpha value is -0.450. The lowest BCUT2D eigenvalue weighted by Gasteiger charge is -2.22. The second-order valence-electron chi connectivity index (χ2n) is 2.41. The van der Waals surface area contributed by atoms with Crippen LogP contribution in [-0.4, -0.2) is 41.9 Å². The van der Waals surface area contributed by atoms with Crippen LogP contribution in [0.4, 0.5) is 0 Å². The van der Waals surface area contributed by atoms with Gasteiger partial charge < -0.3 is 19.7 Å². The van der Waals surface area contributed by atoms with E-state index in [1.54, 1.807) is 0 Å². The highest BCUT2D eigenvalue weighted by molar-refractivity contribution is 5.50. The van der Waals surface area contributed by atoms with Gasteiger partial charge in [0, 0.05) is 13.5 Å². The fourth-order valence-corrected chi connectivity index (χ4v) is 0.908. The van der Waals surface area contributed by atoms with E-state index in [1.165, 1.54) is 14.0 Å². The maximum Gasteiger partial charge on any atom is 0.122 e. The van der Waals surface area contributed by atoms with Gasteiger partial charge in [0.1, 0.15) is 12.4 Å². The van der Waals surface area contributed by atoms with Gasteiger partial charge in [-0.25, -0.2) is 0 Å². The molecule has 4 heteroatoms. The molecule has 0 fully saturated rings. The summed E-state index contributed by atoms with van der Waals surface area (Å²) in [6.45, 7) is 1.50. The van der Waals surface area contributed by atoms with E-state index in [4.69, 9.17) is 14.9 Å². The molecule has 0 rings (SSSR count). The van der Waals surface area contributed by atoms with Crippen molar-refractivity contribution in [2.24, 2.45) is 0 Å². The Morgan fingerprint density at radius 1 is 1.55 bits per heavy atom. The first-order chi connectivity index (χ1) is 5.13. The molecule has 0 saturated carbocycles. The van der Waals surface area contributed by atoms with Gasteiger partial charge in [0.05, 0.1) is 12.2 Å². The normalized spacial score (nSPS) is 18.9. The van der Waals surface area contributed by atoms with Crippen molar-refractivity contribution >= 4 is 6.29 Å². The summed E-state index contributed by atoms with van der Waals surface area (Å²) in [6.07, 6.45) is -1.78. The number of methoxy groups -OCH3 is 1. The molecule has 0 aromatic carbocycles. The Morgan fingerprint density at radius 2 is 2.09 bits per heavy atom. The standard InChI is InChI=1S/C7H14O4/c1-5(9)7(11-2)6(10)3-4-8/h4-7,9-10H,3H2,1-2H3/t5-,6+,7+/m1/s1. The number of hydrogen-bond donors (Lipinski definition) is 2. The van der Waals surface area contributed by atoms with Crippen molar-refractivity contribution in [2.75, 3.05) is 7.11 Å². The minimum Gasteiger partial charge on any atom is -0.391 e. The average molecular weight is 162 g/mol. The van der Waals surface area contributed by atoms with Gasteiger partial charge in [0.15, 0.2) is 0 Å². The van der Waals surface area contributed by atoms with Crippen molar-refractivity contribution in [3.8, 4) is 0 Å². The van der Waals surface area contributed by atoms with E-state index in [2.05, 4.69) is 0 Å². The molecule has 4 nitrogen and oxygen atoms in total. The molecule has 0 aliphatic carbocycles. The van der Waals surface area contributed by atoms with E-state index in [1.807, 2.05) is 0 Å². The minimum atomic E-state index is -0.919. The van der Waals surface area contributed by atoms with Gasteiger partial charge in [-0.1, -0.05) is 0 Å². The van der Waals surface area contributed by atoms with Gasteiger partial charge in [-0.15, -0.1) is 0 Å². The van der Waals surface area contributed by atoms with E-state index in [-0.39, 0.29) is 6.42 Å². The van der Waals surface area contributed by atoms with Crippen molar-refractivity contribution in [1.82, 2.24) is 0 Å². The Labute approximate surface area is 65.8 Å². The first-order valence-corrected chi connectivity index (χ1v) is 3.46. The maximum atomic E-state index is 9.96. The fraction of sp³-hybridized carbons (Fsp3) is 0.857. The van der Waals surface area contributed by atoms with Crippen LogP contribution < -0.4 is 0 Å². The summed E-state index contributed by atoms with van der Waals surface area (Å²) in [6, 6.07) is 0. The molecule has 3 atom stereocenters. The van der Waals surface area contributed by atoms with Crippen molar-refractivity contribution in [2.45, 2.75) is 31.7 Å². The predicted molar refractivity (Wildman–Crippen MR) is 39.2 cm³/mol. The van der Waals surface area contributed by atoms with Gasteiger partial charge in [0.25, 0.3) is 0 Å². The van der Waals surface area contributed by atoms with Crippen molar-refractivity contribution in [1.29, 1.82) is 0 Å². The molecule has 0 radical (unpaired) electrons. The van der Waals surface area contributed by atoms with Crippen molar-refractivity contribution in [3.63, 3.8) is 0 Å². The lowest BCUT2D eigenvalue weighted by atomic mass is 10.1. The van der Waals surface area contributed by atoms with Gasteiger partial charge in [-0.3, -0.25) is 0 Å². The SMILES string of the molecule is CO[C@@H]([C@@H](C)O)[C@@H](O)CC=O. The second-order valence-corrected chi connectivity index (χ2v) is 2.41. The maximum absolute atomic E-state index is 9.96. The Bertz CT molecular complexity index is 113. The van der Waals surface area contributed by atoms with Crippen LogP contribution in [0.25, 0.3) is 0 Å². The third kappa shape index (κ3) is 3.46. The van der Waals surface area contributed by atoms with E-state index in [0.29, 0.717) is 6.29 Å². The van der Waals surface area contributed by atoms with E-state index < -0.39 is 18.3 Å². The monoisotopic (exact) mass is 162 g/mol. The summed E-state index contributed by atoms with van der Waals surface area (Å²) in [5.41, 5.74) is 0. The number of aliphatic hydroxyl groups excluding tert-OH is 2. The minimum absolute atomic E-state index is 0.0105. The molecule has 0 aromatic heterocycles. The first kappa shape index (κ1) is 10.6. The molecule has 0 saturated heterocycles. The summed E-state index contributed by atoms with van der Waals surface area (Å²) in [5.74, 6) is 0. The third-order valence-corrected chi connectivity index (χ3v) is 1.46. The van der Waals surface area contributed by atoms with Crippen LogP contribution in [0, 0.1) is 0 Å². The number of carbonyl (C=O) groups is 1. The Morgan fingerprint density at radius 3 is 2.36 bits per heavy atom. The quantitative estimate of drug-likeness (QED) is 0.526. The summed E-state index contributed by atoms with van der Waals surface area (Å²) < 4.78 is 4.77. The smallest absolute Gasteiger partial charge is 0.122 e. The van der Waals surface area contributed by atoms with Crippen LogP contribution in [0.3, 0.4) is 0 Å². The molecule has 0 aliphatic heterocycles. The number of ether oxygens (including phenoxy) is 1. The van der Waals surface area contributed by atoms with Gasteiger partial charge in [-0.2, -0.15) is 0 Å². The molecule has 0 spiro atoms. The number of aliphatic hydroxyl groups is 2. The summed E-state index contributed by atoms with van der Waals surface area (Å²) in [7, 11) is 1.38. The molecule has 11 heavy (non-hydrogen) atoms. The molecular formula is C7H14O4.